The monoisotopic (exact) mass is 332 g/mol. The van der Waals surface area contributed by atoms with Crippen LogP contribution in [-0.2, 0) is 9.57 Å². The van der Waals surface area contributed by atoms with Crippen LogP contribution in [0.4, 0.5) is 4.79 Å². The molecule has 0 N–H and O–H groups in total. The Morgan fingerprint density at radius 3 is 2.74 bits per heavy atom. The highest BCUT2D eigenvalue weighted by Crippen LogP contribution is 2.36. The number of likely N-dealkylation sites (tertiary alicyclic amines) is 1. The second kappa shape index (κ2) is 5.31. The molecule has 0 aromatic carbocycles. The quantitative estimate of drug-likeness (QED) is 0.684. The standard InChI is InChI=1S/C13H21BrN2O3/c1-12(2,3)18-11(17)16-7-4-5-13(6-8-16)9-10(14)15-19-13/h4-9H2,1-3H3/t13-/m0/s1. The topological polar surface area (TPSA) is 51.1 Å². The van der Waals surface area contributed by atoms with Gasteiger partial charge < -0.3 is 14.5 Å². The number of halogens is 1. The summed E-state index contributed by atoms with van der Waals surface area (Å²) in [5.41, 5.74) is -0.674. The van der Waals surface area contributed by atoms with Crippen LogP contribution in [0, 0.1) is 0 Å². The van der Waals surface area contributed by atoms with Gasteiger partial charge in [0, 0.05) is 25.9 Å². The summed E-state index contributed by atoms with van der Waals surface area (Å²) in [5, 5.41) is 3.98. The first-order valence-electron chi connectivity index (χ1n) is 6.68. The van der Waals surface area contributed by atoms with Crippen molar-refractivity contribution in [1.29, 1.82) is 0 Å². The van der Waals surface area contributed by atoms with Gasteiger partial charge in [-0.3, -0.25) is 0 Å². The molecular formula is C13H21BrN2O3. The second-order valence-electron chi connectivity index (χ2n) is 6.24. The summed E-state index contributed by atoms with van der Waals surface area (Å²) in [5.74, 6) is 0. The molecule has 2 aliphatic rings. The normalized spacial score (nSPS) is 27.8. The van der Waals surface area contributed by atoms with Gasteiger partial charge in [0.15, 0.2) is 0 Å². The van der Waals surface area contributed by atoms with Gasteiger partial charge in [0.05, 0.1) is 0 Å². The third kappa shape index (κ3) is 3.84. The minimum atomic E-state index is -0.447. The molecule has 1 atom stereocenters. The Balaban J connectivity index is 1.92. The molecule has 0 aromatic heterocycles. The van der Waals surface area contributed by atoms with Crippen molar-refractivity contribution in [3.8, 4) is 0 Å². The Labute approximate surface area is 122 Å². The maximum Gasteiger partial charge on any atom is 0.410 e. The van der Waals surface area contributed by atoms with Crippen LogP contribution in [0.3, 0.4) is 0 Å². The van der Waals surface area contributed by atoms with Crippen LogP contribution in [0.2, 0.25) is 0 Å². The molecule has 1 spiro atoms. The summed E-state index contributed by atoms with van der Waals surface area (Å²) in [6.07, 6.45) is 3.20. The fraction of sp³-hybridized carbons (Fsp3) is 0.846. The summed E-state index contributed by atoms with van der Waals surface area (Å²) in [6, 6.07) is 0. The predicted octanol–water partition coefficient (Wildman–Crippen LogP) is 3.27. The van der Waals surface area contributed by atoms with Gasteiger partial charge in [0.1, 0.15) is 15.8 Å². The van der Waals surface area contributed by atoms with Crippen LogP contribution >= 0.6 is 15.9 Å². The number of hydrogen-bond acceptors (Lipinski definition) is 4. The Hall–Kier alpha value is -0.780. The fourth-order valence-corrected chi connectivity index (χ4v) is 3.00. The van der Waals surface area contributed by atoms with Crippen molar-refractivity contribution in [2.75, 3.05) is 13.1 Å². The number of hydrogen-bond donors (Lipinski definition) is 0. The second-order valence-corrected chi connectivity index (χ2v) is 7.15. The van der Waals surface area contributed by atoms with Gasteiger partial charge in [0.2, 0.25) is 0 Å². The average molecular weight is 333 g/mol. The molecule has 0 aromatic rings. The number of rotatable bonds is 0. The molecule has 19 heavy (non-hydrogen) atoms. The summed E-state index contributed by atoms with van der Waals surface area (Å²) in [4.78, 5) is 19.4. The van der Waals surface area contributed by atoms with Gasteiger partial charge in [-0.25, -0.2) is 4.79 Å². The summed E-state index contributed by atoms with van der Waals surface area (Å²) >= 11 is 3.38. The Kier molecular flexibility index (Phi) is 4.08. The number of oxime groups is 1. The van der Waals surface area contributed by atoms with E-state index < -0.39 is 5.60 Å². The fourth-order valence-electron chi connectivity index (χ4n) is 2.42. The Morgan fingerprint density at radius 1 is 1.42 bits per heavy atom. The van der Waals surface area contributed by atoms with Crippen molar-refractivity contribution in [1.82, 2.24) is 4.90 Å². The highest BCUT2D eigenvalue weighted by Gasteiger charge is 2.40. The van der Waals surface area contributed by atoms with E-state index >= 15 is 0 Å². The van der Waals surface area contributed by atoms with E-state index in [1.807, 2.05) is 20.8 Å². The smallest absolute Gasteiger partial charge is 0.410 e. The molecule has 0 bridgehead atoms. The molecule has 6 heteroatoms. The van der Waals surface area contributed by atoms with E-state index in [4.69, 9.17) is 9.57 Å². The predicted molar refractivity (Wildman–Crippen MR) is 76.5 cm³/mol. The van der Waals surface area contributed by atoms with Gasteiger partial charge in [0.25, 0.3) is 0 Å². The number of nitrogens with zero attached hydrogens (tertiary/aromatic N) is 2. The van der Waals surface area contributed by atoms with Crippen molar-refractivity contribution >= 4 is 26.6 Å². The third-order valence-electron chi connectivity index (χ3n) is 3.36. The van der Waals surface area contributed by atoms with E-state index in [0.29, 0.717) is 6.54 Å². The minimum absolute atomic E-state index is 0.227. The zero-order valence-corrected chi connectivity index (χ0v) is 13.3. The van der Waals surface area contributed by atoms with Crippen molar-refractivity contribution in [3.05, 3.63) is 0 Å². The first-order chi connectivity index (χ1) is 8.80. The zero-order chi connectivity index (χ0) is 14.1. The molecule has 2 aliphatic heterocycles. The molecule has 2 heterocycles. The highest BCUT2D eigenvalue weighted by molar-refractivity contribution is 9.18. The first-order valence-corrected chi connectivity index (χ1v) is 7.47. The van der Waals surface area contributed by atoms with Crippen LogP contribution < -0.4 is 0 Å². The highest BCUT2D eigenvalue weighted by atomic mass is 79.9. The molecule has 108 valence electrons. The minimum Gasteiger partial charge on any atom is -0.444 e. The number of carbonyl (C=O) groups excluding carboxylic acids is 1. The summed E-state index contributed by atoms with van der Waals surface area (Å²) in [7, 11) is 0. The van der Waals surface area contributed by atoms with Gasteiger partial charge in [-0.2, -0.15) is 0 Å². The third-order valence-corrected chi connectivity index (χ3v) is 3.78. The van der Waals surface area contributed by atoms with Gasteiger partial charge in [-0.15, -0.1) is 0 Å². The lowest BCUT2D eigenvalue weighted by atomic mass is 9.92. The SMILES string of the molecule is CC(C)(C)OC(=O)N1CCC[C@]2(CC1)CC(Br)=NO2. The zero-order valence-electron chi connectivity index (χ0n) is 11.7. The molecule has 0 aliphatic carbocycles. The van der Waals surface area contributed by atoms with E-state index in [1.165, 1.54) is 0 Å². The largest absolute Gasteiger partial charge is 0.444 e. The van der Waals surface area contributed by atoms with Crippen LogP contribution in [0.15, 0.2) is 5.16 Å². The average Bonchev–Trinajstić information content (AvgIpc) is 2.52. The van der Waals surface area contributed by atoms with Crippen molar-refractivity contribution in [2.24, 2.45) is 5.16 Å². The summed E-state index contributed by atoms with van der Waals surface area (Å²) in [6.45, 7) is 7.03. The van der Waals surface area contributed by atoms with Crippen LogP contribution in [0.5, 0.6) is 0 Å². The van der Waals surface area contributed by atoms with Gasteiger partial charge in [-0.1, -0.05) is 5.16 Å². The molecule has 1 amide bonds. The van der Waals surface area contributed by atoms with Gasteiger partial charge in [-0.05, 0) is 49.5 Å². The molecular weight excluding hydrogens is 312 g/mol. The molecule has 0 unspecified atom stereocenters. The van der Waals surface area contributed by atoms with Crippen molar-refractivity contribution < 1.29 is 14.4 Å². The maximum absolute atomic E-state index is 12.1. The molecule has 5 nitrogen and oxygen atoms in total. The van der Waals surface area contributed by atoms with E-state index in [2.05, 4.69) is 21.1 Å². The van der Waals surface area contributed by atoms with Crippen LogP contribution in [0.1, 0.15) is 46.5 Å². The van der Waals surface area contributed by atoms with Crippen molar-refractivity contribution in [2.45, 2.75) is 57.7 Å². The van der Waals surface area contributed by atoms with E-state index in [0.717, 1.165) is 36.8 Å². The molecule has 1 saturated heterocycles. The number of carbonyl (C=O) groups is 1. The molecule has 0 radical (unpaired) electrons. The molecule has 1 fully saturated rings. The lowest BCUT2D eigenvalue weighted by Crippen LogP contribution is -2.38. The van der Waals surface area contributed by atoms with E-state index in [1.54, 1.807) is 4.90 Å². The first kappa shape index (κ1) is 14.6. The lowest BCUT2D eigenvalue weighted by Gasteiger charge is -2.27. The maximum atomic E-state index is 12.1. The lowest BCUT2D eigenvalue weighted by molar-refractivity contribution is -0.0298. The Morgan fingerprint density at radius 2 is 2.16 bits per heavy atom. The van der Waals surface area contributed by atoms with Crippen LogP contribution in [0.25, 0.3) is 0 Å². The summed E-state index contributed by atoms with van der Waals surface area (Å²) < 4.78 is 6.27. The van der Waals surface area contributed by atoms with E-state index in [-0.39, 0.29) is 11.7 Å². The van der Waals surface area contributed by atoms with E-state index in [9.17, 15) is 4.79 Å². The number of amides is 1. The number of ether oxygens (including phenoxy) is 1. The molecule has 0 saturated carbocycles. The van der Waals surface area contributed by atoms with Crippen LogP contribution in [-0.4, -0.2) is 39.9 Å². The van der Waals surface area contributed by atoms with Gasteiger partial charge >= 0.3 is 6.09 Å². The molecule has 2 rings (SSSR count). The van der Waals surface area contributed by atoms with Crippen molar-refractivity contribution in [3.63, 3.8) is 0 Å². The Bertz CT molecular complexity index is 392.